The van der Waals surface area contributed by atoms with Gasteiger partial charge in [-0.2, -0.15) is 0 Å². The highest BCUT2D eigenvalue weighted by molar-refractivity contribution is 9.09. The number of halogens is 3. The van der Waals surface area contributed by atoms with Crippen molar-refractivity contribution in [2.45, 2.75) is 4.83 Å². The van der Waals surface area contributed by atoms with Gasteiger partial charge < -0.3 is 10.1 Å². The molecule has 1 N–H and O–H groups in total. The zero-order valence-electron chi connectivity index (χ0n) is 11.6. The molecule has 1 aliphatic rings. The van der Waals surface area contributed by atoms with Gasteiger partial charge in [0, 0.05) is 17.2 Å². The third-order valence-electron chi connectivity index (χ3n) is 3.36. The Balaban J connectivity index is 1.90. The fourth-order valence-corrected chi connectivity index (χ4v) is 2.87. The topological polar surface area (TPSA) is 55.4 Å². The summed E-state index contributed by atoms with van der Waals surface area (Å²) < 4.78 is 32.0. The predicted molar refractivity (Wildman–Crippen MR) is 82.9 cm³/mol. The highest BCUT2D eigenvalue weighted by Crippen LogP contribution is 2.33. The first-order chi connectivity index (χ1) is 11.0. The standard InChI is InChI=1S/C16H10BrF2NO3/c17-15(10-3-2-9(18)6-11(10)19)16(22)8-1-4-13-12(5-8)20-14(21)7-23-13/h1-6,15H,7H2,(H,20,21). The highest BCUT2D eigenvalue weighted by Gasteiger charge is 2.24. The van der Waals surface area contributed by atoms with Crippen LogP contribution in [-0.2, 0) is 4.79 Å². The third-order valence-corrected chi connectivity index (χ3v) is 4.27. The van der Waals surface area contributed by atoms with Crippen LogP contribution in [0, 0.1) is 11.6 Å². The monoisotopic (exact) mass is 381 g/mol. The van der Waals surface area contributed by atoms with Gasteiger partial charge in [-0.15, -0.1) is 0 Å². The lowest BCUT2D eigenvalue weighted by atomic mass is 10.0. The second-order valence-electron chi connectivity index (χ2n) is 4.94. The molecule has 23 heavy (non-hydrogen) atoms. The lowest BCUT2D eigenvalue weighted by Gasteiger charge is -2.19. The molecule has 2 aromatic carbocycles. The van der Waals surface area contributed by atoms with Crippen LogP contribution in [0.2, 0.25) is 0 Å². The number of rotatable bonds is 3. The summed E-state index contributed by atoms with van der Waals surface area (Å²) in [4.78, 5) is 22.8. The summed E-state index contributed by atoms with van der Waals surface area (Å²) in [6.07, 6.45) is 0. The summed E-state index contributed by atoms with van der Waals surface area (Å²) >= 11 is 3.14. The van der Waals surface area contributed by atoms with Crippen molar-refractivity contribution in [2.75, 3.05) is 11.9 Å². The second-order valence-corrected chi connectivity index (χ2v) is 5.86. The van der Waals surface area contributed by atoms with Crippen LogP contribution in [0.5, 0.6) is 5.75 Å². The summed E-state index contributed by atoms with van der Waals surface area (Å²) in [5.41, 5.74) is 0.681. The number of hydrogen-bond acceptors (Lipinski definition) is 3. The number of ketones is 1. The number of hydrogen-bond donors (Lipinski definition) is 1. The van der Waals surface area contributed by atoms with Crippen LogP contribution in [0.25, 0.3) is 0 Å². The van der Waals surface area contributed by atoms with E-state index in [4.69, 9.17) is 4.74 Å². The zero-order chi connectivity index (χ0) is 16.6. The SMILES string of the molecule is O=C1COc2ccc(C(=O)C(Br)c3ccc(F)cc3F)cc2N1. The molecule has 1 atom stereocenters. The first-order valence-corrected chi connectivity index (χ1v) is 7.57. The maximum Gasteiger partial charge on any atom is 0.262 e. The Labute approximate surface area is 138 Å². The number of benzene rings is 2. The maximum absolute atomic E-state index is 13.8. The fraction of sp³-hybridized carbons (Fsp3) is 0.125. The molecule has 1 amide bonds. The van der Waals surface area contributed by atoms with Crippen molar-refractivity contribution < 1.29 is 23.1 Å². The van der Waals surface area contributed by atoms with Crippen molar-refractivity contribution in [2.24, 2.45) is 0 Å². The van der Waals surface area contributed by atoms with Crippen LogP contribution < -0.4 is 10.1 Å². The number of Topliss-reactive ketones (excluding diaryl/α,β-unsaturated/α-hetero) is 1. The van der Waals surface area contributed by atoms with Gasteiger partial charge in [-0.05, 0) is 24.3 Å². The van der Waals surface area contributed by atoms with Crippen molar-refractivity contribution in [3.8, 4) is 5.75 Å². The average Bonchev–Trinajstić information content (AvgIpc) is 2.53. The van der Waals surface area contributed by atoms with Crippen molar-refractivity contribution in [1.29, 1.82) is 0 Å². The highest BCUT2D eigenvalue weighted by atomic mass is 79.9. The van der Waals surface area contributed by atoms with Crippen LogP contribution in [0.3, 0.4) is 0 Å². The van der Waals surface area contributed by atoms with E-state index in [1.54, 1.807) is 6.07 Å². The van der Waals surface area contributed by atoms with E-state index >= 15 is 0 Å². The number of ether oxygens (including phenoxy) is 1. The van der Waals surface area contributed by atoms with Gasteiger partial charge in [0.2, 0.25) is 0 Å². The number of anilines is 1. The van der Waals surface area contributed by atoms with Crippen molar-refractivity contribution in [1.82, 2.24) is 0 Å². The van der Waals surface area contributed by atoms with Crippen LogP contribution in [0.15, 0.2) is 36.4 Å². The molecule has 0 saturated heterocycles. The third kappa shape index (κ3) is 3.10. The lowest BCUT2D eigenvalue weighted by Crippen LogP contribution is -2.25. The molecule has 1 heterocycles. The largest absolute Gasteiger partial charge is 0.482 e. The van der Waals surface area contributed by atoms with Crippen LogP contribution in [0.1, 0.15) is 20.7 Å². The molecule has 1 unspecified atom stereocenters. The Hall–Kier alpha value is -2.28. The van der Waals surface area contributed by atoms with E-state index in [1.807, 2.05) is 0 Å². The van der Waals surface area contributed by atoms with Gasteiger partial charge in [-0.1, -0.05) is 22.0 Å². The van der Waals surface area contributed by atoms with Gasteiger partial charge in [-0.3, -0.25) is 9.59 Å². The number of fused-ring (bicyclic) bond motifs is 1. The van der Waals surface area contributed by atoms with E-state index in [0.717, 1.165) is 12.1 Å². The molecule has 3 rings (SSSR count). The molecule has 2 aromatic rings. The van der Waals surface area contributed by atoms with Crippen molar-refractivity contribution >= 4 is 33.3 Å². The zero-order valence-corrected chi connectivity index (χ0v) is 13.2. The predicted octanol–water partition coefficient (Wildman–Crippen LogP) is 3.61. The molecule has 0 fully saturated rings. The molecule has 4 nitrogen and oxygen atoms in total. The van der Waals surface area contributed by atoms with Gasteiger partial charge in [0.15, 0.2) is 12.4 Å². The van der Waals surface area contributed by atoms with E-state index in [0.29, 0.717) is 11.4 Å². The van der Waals surface area contributed by atoms with Crippen LogP contribution in [-0.4, -0.2) is 18.3 Å². The van der Waals surface area contributed by atoms with Gasteiger partial charge in [0.05, 0.1) is 5.69 Å². The minimum atomic E-state index is -0.971. The number of amides is 1. The molecule has 7 heteroatoms. The second kappa shape index (κ2) is 6.08. The van der Waals surface area contributed by atoms with Crippen LogP contribution >= 0.6 is 15.9 Å². The summed E-state index contributed by atoms with van der Waals surface area (Å²) in [5.74, 6) is -1.80. The summed E-state index contributed by atoms with van der Waals surface area (Å²) in [5, 5.41) is 2.60. The van der Waals surface area contributed by atoms with E-state index in [-0.39, 0.29) is 23.6 Å². The van der Waals surface area contributed by atoms with Crippen molar-refractivity contribution in [3.05, 3.63) is 59.2 Å². The first-order valence-electron chi connectivity index (χ1n) is 6.65. The van der Waals surface area contributed by atoms with Gasteiger partial charge in [-0.25, -0.2) is 8.78 Å². The summed E-state index contributed by atoms with van der Waals surface area (Å²) in [6.45, 7) is -0.0812. The number of alkyl halides is 1. The minimum absolute atomic E-state index is 0.0365. The number of nitrogens with one attached hydrogen (secondary N) is 1. The smallest absolute Gasteiger partial charge is 0.262 e. The summed E-state index contributed by atoms with van der Waals surface area (Å²) in [7, 11) is 0. The molecule has 0 bridgehead atoms. The van der Waals surface area contributed by atoms with Crippen molar-refractivity contribution in [3.63, 3.8) is 0 Å². The molecular formula is C16H10BrF2NO3. The molecule has 1 aliphatic heterocycles. The molecule has 0 spiro atoms. The average molecular weight is 382 g/mol. The van der Waals surface area contributed by atoms with Crippen LogP contribution in [0.4, 0.5) is 14.5 Å². The molecular weight excluding hydrogens is 372 g/mol. The van der Waals surface area contributed by atoms with Gasteiger partial charge in [0.1, 0.15) is 22.2 Å². The molecule has 0 radical (unpaired) electrons. The van der Waals surface area contributed by atoms with E-state index in [1.165, 1.54) is 18.2 Å². The van der Waals surface area contributed by atoms with E-state index < -0.39 is 22.2 Å². The Morgan fingerprint density at radius 2 is 2.00 bits per heavy atom. The Morgan fingerprint density at radius 1 is 1.22 bits per heavy atom. The molecule has 0 aliphatic carbocycles. The van der Waals surface area contributed by atoms with Gasteiger partial charge >= 0.3 is 0 Å². The Morgan fingerprint density at radius 3 is 2.74 bits per heavy atom. The summed E-state index contributed by atoms with van der Waals surface area (Å²) in [6, 6.07) is 7.56. The Kier molecular flexibility index (Phi) is 4.12. The quantitative estimate of drug-likeness (QED) is 0.652. The molecule has 0 saturated carbocycles. The van der Waals surface area contributed by atoms with E-state index in [9.17, 15) is 18.4 Å². The number of carbonyl (C=O) groups excluding carboxylic acids is 2. The Bertz CT molecular complexity index is 810. The first kappa shape index (κ1) is 15.6. The fourth-order valence-electron chi connectivity index (χ4n) is 2.23. The van der Waals surface area contributed by atoms with Gasteiger partial charge in [0.25, 0.3) is 5.91 Å². The minimum Gasteiger partial charge on any atom is -0.482 e. The lowest BCUT2D eigenvalue weighted by molar-refractivity contribution is -0.118. The van der Waals surface area contributed by atoms with E-state index in [2.05, 4.69) is 21.2 Å². The normalized spacial score (nSPS) is 14.5. The maximum atomic E-state index is 13.8. The number of carbonyl (C=O) groups is 2. The molecule has 0 aromatic heterocycles. The molecule has 118 valence electrons.